The van der Waals surface area contributed by atoms with Crippen LogP contribution in [-0.4, -0.2) is 16.8 Å². The van der Waals surface area contributed by atoms with Gasteiger partial charge in [0.25, 0.3) is 0 Å². The van der Waals surface area contributed by atoms with E-state index < -0.39 is 0 Å². The molecule has 1 atom stereocenters. The molecule has 1 aromatic heterocycles. The third kappa shape index (κ3) is 3.25. The fourth-order valence-corrected chi connectivity index (χ4v) is 2.50. The predicted octanol–water partition coefficient (Wildman–Crippen LogP) is 2.93. The number of aromatic nitrogens is 2. The lowest BCUT2D eigenvalue weighted by Crippen LogP contribution is -2.20. The van der Waals surface area contributed by atoms with Crippen LogP contribution in [-0.2, 0) is 19.9 Å². The molecule has 0 fully saturated rings. The molecule has 0 saturated carbocycles. The van der Waals surface area contributed by atoms with E-state index in [1.807, 2.05) is 31.8 Å². The van der Waals surface area contributed by atoms with Crippen LogP contribution in [0.2, 0.25) is 0 Å². The van der Waals surface area contributed by atoms with Gasteiger partial charge in [0.15, 0.2) is 0 Å². The Kier molecular flexibility index (Phi) is 4.55. The van der Waals surface area contributed by atoms with Crippen molar-refractivity contribution in [1.29, 1.82) is 0 Å². The molecule has 0 aliphatic heterocycles. The molecule has 1 heterocycles. The van der Waals surface area contributed by atoms with Gasteiger partial charge in [-0.15, -0.1) is 0 Å². The summed E-state index contributed by atoms with van der Waals surface area (Å²) < 4.78 is 15.5. The van der Waals surface area contributed by atoms with E-state index >= 15 is 0 Å². The summed E-state index contributed by atoms with van der Waals surface area (Å²) in [7, 11) is 3.86. The second-order valence-electron chi connectivity index (χ2n) is 5.21. The third-order valence-corrected chi connectivity index (χ3v) is 3.62. The lowest BCUT2D eigenvalue weighted by atomic mass is 10.00. The highest BCUT2D eigenvalue weighted by Crippen LogP contribution is 2.21. The van der Waals surface area contributed by atoms with Crippen molar-refractivity contribution in [1.82, 2.24) is 15.1 Å². The van der Waals surface area contributed by atoms with Crippen LogP contribution in [0.4, 0.5) is 4.39 Å². The van der Waals surface area contributed by atoms with E-state index in [0.717, 1.165) is 35.4 Å². The molecule has 1 aromatic carbocycles. The number of hydrogen-bond acceptors (Lipinski definition) is 2. The average Bonchev–Trinajstić information content (AvgIpc) is 2.75. The van der Waals surface area contributed by atoms with Crippen molar-refractivity contribution in [2.45, 2.75) is 32.7 Å². The molecule has 0 bridgehead atoms. The van der Waals surface area contributed by atoms with Gasteiger partial charge in [-0.2, -0.15) is 5.10 Å². The number of likely N-dealkylation sites (N-methyl/N-ethyl adjacent to an activating group) is 1. The van der Waals surface area contributed by atoms with Gasteiger partial charge in [-0.3, -0.25) is 4.68 Å². The predicted molar refractivity (Wildman–Crippen MR) is 79.2 cm³/mol. The minimum Gasteiger partial charge on any atom is -0.313 e. The number of benzene rings is 1. The van der Waals surface area contributed by atoms with Gasteiger partial charge in [-0.1, -0.05) is 13.0 Å². The van der Waals surface area contributed by atoms with E-state index in [4.69, 9.17) is 0 Å². The molecule has 0 radical (unpaired) electrons. The van der Waals surface area contributed by atoms with E-state index in [2.05, 4.69) is 23.4 Å². The van der Waals surface area contributed by atoms with Crippen LogP contribution in [0.25, 0.3) is 0 Å². The molecule has 0 aliphatic rings. The smallest absolute Gasteiger partial charge is 0.123 e. The Morgan fingerprint density at radius 3 is 2.60 bits per heavy atom. The maximum absolute atomic E-state index is 13.6. The lowest BCUT2D eigenvalue weighted by Gasteiger charge is -2.17. The normalized spacial score (nSPS) is 12.7. The van der Waals surface area contributed by atoms with E-state index in [0.29, 0.717) is 0 Å². The third-order valence-electron chi connectivity index (χ3n) is 3.62. The Morgan fingerprint density at radius 2 is 2.05 bits per heavy atom. The quantitative estimate of drug-likeness (QED) is 0.909. The molecular formula is C16H22FN3. The Balaban J connectivity index is 2.25. The number of nitrogens with one attached hydrogen (secondary N) is 1. The summed E-state index contributed by atoms with van der Waals surface area (Å²) in [6.45, 7) is 4.01. The number of halogens is 1. The summed E-state index contributed by atoms with van der Waals surface area (Å²) >= 11 is 0. The van der Waals surface area contributed by atoms with E-state index in [-0.39, 0.29) is 11.9 Å². The molecule has 2 aromatic rings. The Hall–Kier alpha value is -1.68. The molecule has 108 valence electrons. The molecular weight excluding hydrogens is 253 g/mol. The second-order valence-corrected chi connectivity index (χ2v) is 5.21. The van der Waals surface area contributed by atoms with Crippen LogP contribution in [0, 0.1) is 12.7 Å². The monoisotopic (exact) mass is 275 g/mol. The van der Waals surface area contributed by atoms with Gasteiger partial charge >= 0.3 is 0 Å². The zero-order chi connectivity index (χ0) is 14.7. The van der Waals surface area contributed by atoms with Gasteiger partial charge in [-0.05, 0) is 49.7 Å². The van der Waals surface area contributed by atoms with Crippen LogP contribution in [0.3, 0.4) is 0 Å². The van der Waals surface area contributed by atoms with Gasteiger partial charge in [0.1, 0.15) is 5.82 Å². The van der Waals surface area contributed by atoms with E-state index in [1.165, 1.54) is 0 Å². The zero-order valence-corrected chi connectivity index (χ0v) is 12.6. The van der Waals surface area contributed by atoms with Gasteiger partial charge in [0.2, 0.25) is 0 Å². The number of hydrogen-bond donors (Lipinski definition) is 1. The highest BCUT2D eigenvalue weighted by Gasteiger charge is 2.14. The zero-order valence-electron chi connectivity index (χ0n) is 12.6. The van der Waals surface area contributed by atoms with Crippen molar-refractivity contribution in [3.8, 4) is 0 Å². The van der Waals surface area contributed by atoms with Crippen molar-refractivity contribution in [2.75, 3.05) is 7.05 Å². The van der Waals surface area contributed by atoms with Crippen LogP contribution < -0.4 is 5.32 Å². The molecule has 4 heteroatoms. The highest BCUT2D eigenvalue weighted by molar-refractivity contribution is 5.27. The van der Waals surface area contributed by atoms with Crippen molar-refractivity contribution >= 4 is 0 Å². The molecule has 20 heavy (non-hydrogen) atoms. The first kappa shape index (κ1) is 14.7. The Bertz CT molecular complexity index is 569. The average molecular weight is 275 g/mol. The summed E-state index contributed by atoms with van der Waals surface area (Å²) in [6, 6.07) is 7.39. The number of rotatable bonds is 5. The first-order chi connectivity index (χ1) is 9.53. The van der Waals surface area contributed by atoms with Gasteiger partial charge < -0.3 is 5.32 Å². The molecule has 1 N–H and O–H groups in total. The SMILES string of the molecule is CCc1cc(CC(NC)c2cc(C)cc(F)c2)n(C)n1. The maximum atomic E-state index is 13.6. The Morgan fingerprint density at radius 1 is 1.30 bits per heavy atom. The topological polar surface area (TPSA) is 29.9 Å². The van der Waals surface area contributed by atoms with Gasteiger partial charge in [-0.25, -0.2) is 4.39 Å². The van der Waals surface area contributed by atoms with Crippen LogP contribution in [0.1, 0.15) is 35.5 Å². The van der Waals surface area contributed by atoms with Gasteiger partial charge in [0.05, 0.1) is 5.69 Å². The van der Waals surface area contributed by atoms with Crippen LogP contribution in [0.5, 0.6) is 0 Å². The van der Waals surface area contributed by atoms with Crippen LogP contribution in [0.15, 0.2) is 24.3 Å². The summed E-state index contributed by atoms with van der Waals surface area (Å²) in [4.78, 5) is 0. The van der Waals surface area contributed by atoms with Gasteiger partial charge in [0, 0.05) is 25.2 Å². The molecule has 1 unspecified atom stereocenters. The van der Waals surface area contributed by atoms with E-state index in [9.17, 15) is 4.39 Å². The summed E-state index contributed by atoms with van der Waals surface area (Å²) in [5.74, 6) is -0.181. The first-order valence-electron chi connectivity index (χ1n) is 6.99. The minimum atomic E-state index is -0.181. The fourth-order valence-electron chi connectivity index (χ4n) is 2.50. The van der Waals surface area contributed by atoms with Crippen molar-refractivity contribution in [2.24, 2.45) is 7.05 Å². The summed E-state index contributed by atoms with van der Waals surface area (Å²) in [6.07, 6.45) is 1.72. The maximum Gasteiger partial charge on any atom is 0.123 e. The molecule has 0 amide bonds. The number of aryl methyl sites for hydroxylation is 3. The standard InChI is InChI=1S/C16H22FN3/c1-5-14-9-15(20(4)19-14)10-16(18-3)12-6-11(2)7-13(17)8-12/h6-9,16,18H,5,10H2,1-4H3. The lowest BCUT2D eigenvalue weighted by molar-refractivity contribution is 0.553. The highest BCUT2D eigenvalue weighted by atomic mass is 19.1. The van der Waals surface area contributed by atoms with Crippen LogP contribution >= 0.6 is 0 Å². The second kappa shape index (κ2) is 6.18. The van der Waals surface area contributed by atoms with Crippen molar-refractivity contribution in [3.05, 3.63) is 52.6 Å². The molecule has 0 aliphatic carbocycles. The van der Waals surface area contributed by atoms with E-state index in [1.54, 1.807) is 12.1 Å². The largest absolute Gasteiger partial charge is 0.313 e. The van der Waals surface area contributed by atoms with Crippen molar-refractivity contribution < 1.29 is 4.39 Å². The molecule has 3 nitrogen and oxygen atoms in total. The molecule has 2 rings (SSSR count). The summed E-state index contributed by atoms with van der Waals surface area (Å²) in [5.41, 5.74) is 4.17. The summed E-state index contributed by atoms with van der Waals surface area (Å²) in [5, 5.41) is 7.73. The molecule has 0 spiro atoms. The Labute approximate surface area is 119 Å². The minimum absolute atomic E-state index is 0.0875. The number of nitrogens with zero attached hydrogens (tertiary/aromatic N) is 2. The molecule has 0 saturated heterocycles. The first-order valence-corrected chi connectivity index (χ1v) is 6.99. The van der Waals surface area contributed by atoms with Crippen molar-refractivity contribution in [3.63, 3.8) is 0 Å². The fraction of sp³-hybridized carbons (Fsp3) is 0.438.